The first-order valence-electron chi connectivity index (χ1n) is 9.64. The fourth-order valence-corrected chi connectivity index (χ4v) is 3.75. The zero-order valence-electron chi connectivity index (χ0n) is 17.5. The highest BCUT2D eigenvalue weighted by Crippen LogP contribution is 2.33. The number of hydrogen-bond acceptors (Lipinski definition) is 5. The third-order valence-corrected chi connectivity index (χ3v) is 5.65. The number of methoxy groups -OCH3 is 2. The van der Waals surface area contributed by atoms with Crippen LogP contribution in [0.1, 0.15) is 32.3 Å². The number of piperidine rings is 1. The zero-order chi connectivity index (χ0) is 20.2. The Kier molecular flexibility index (Phi) is 7.54. The predicted molar refractivity (Wildman–Crippen MR) is 115 cm³/mol. The number of nitrogens with one attached hydrogen (secondary N) is 2. The van der Waals surface area contributed by atoms with Gasteiger partial charge < -0.3 is 20.1 Å². The molecule has 0 spiro atoms. The summed E-state index contributed by atoms with van der Waals surface area (Å²) in [6.07, 6.45) is 5.05. The van der Waals surface area contributed by atoms with Crippen molar-refractivity contribution in [1.82, 2.24) is 20.4 Å². The van der Waals surface area contributed by atoms with E-state index in [0.717, 1.165) is 31.5 Å². The number of benzene rings is 1. The Morgan fingerprint density at radius 3 is 2.52 bits per heavy atom. The molecule has 1 amide bonds. The van der Waals surface area contributed by atoms with Gasteiger partial charge in [0.05, 0.1) is 14.2 Å². The molecule has 0 radical (unpaired) electrons. The maximum atomic E-state index is 13.3. The van der Waals surface area contributed by atoms with Gasteiger partial charge in [0.2, 0.25) is 5.91 Å². The van der Waals surface area contributed by atoms with Gasteiger partial charge in [0.1, 0.15) is 5.54 Å². The Bertz CT molecular complexity index is 802. The predicted octanol–water partition coefficient (Wildman–Crippen LogP) is 2.49. The largest absolute Gasteiger partial charge is 0.493 e. The molecule has 2 heterocycles. The van der Waals surface area contributed by atoms with E-state index < -0.39 is 5.54 Å². The van der Waals surface area contributed by atoms with E-state index in [1.807, 2.05) is 35.1 Å². The molecule has 29 heavy (non-hydrogen) atoms. The van der Waals surface area contributed by atoms with Crippen LogP contribution in [0.15, 0.2) is 36.7 Å². The molecule has 0 aliphatic carbocycles. The molecule has 1 aliphatic rings. The van der Waals surface area contributed by atoms with Crippen molar-refractivity contribution < 1.29 is 14.3 Å². The summed E-state index contributed by atoms with van der Waals surface area (Å²) < 4.78 is 12.6. The number of rotatable bonds is 7. The Hall–Kier alpha value is -2.25. The Morgan fingerprint density at radius 2 is 1.93 bits per heavy atom. The summed E-state index contributed by atoms with van der Waals surface area (Å²) in [5, 5.41) is 10.9. The number of nitrogens with zero attached hydrogens (tertiary/aromatic N) is 2. The van der Waals surface area contributed by atoms with Crippen molar-refractivity contribution in [3.63, 3.8) is 0 Å². The van der Waals surface area contributed by atoms with Crippen LogP contribution in [0.4, 0.5) is 0 Å². The second-order valence-corrected chi connectivity index (χ2v) is 7.87. The van der Waals surface area contributed by atoms with Crippen molar-refractivity contribution in [2.24, 2.45) is 0 Å². The molecular formula is C21H31ClN4O3. The number of ether oxygens (including phenoxy) is 2. The molecule has 1 aromatic heterocycles. The lowest BCUT2D eigenvalue weighted by Gasteiger charge is -2.37. The van der Waals surface area contributed by atoms with Crippen molar-refractivity contribution >= 4 is 18.3 Å². The summed E-state index contributed by atoms with van der Waals surface area (Å²) in [4.78, 5) is 13.3. The molecule has 2 N–H and O–H groups in total. The Balaban J connectivity index is 0.00000300. The first-order chi connectivity index (χ1) is 13.4. The molecule has 0 bridgehead atoms. The van der Waals surface area contributed by atoms with E-state index in [2.05, 4.69) is 29.6 Å². The van der Waals surface area contributed by atoms with Crippen LogP contribution >= 0.6 is 12.4 Å². The maximum absolute atomic E-state index is 13.3. The maximum Gasteiger partial charge on any atom is 0.248 e. The molecule has 1 aliphatic heterocycles. The summed E-state index contributed by atoms with van der Waals surface area (Å²) in [6.45, 7) is 6.32. The highest BCUT2D eigenvalue weighted by molar-refractivity contribution is 5.85. The third-order valence-electron chi connectivity index (χ3n) is 5.65. The first-order valence-corrected chi connectivity index (χ1v) is 9.64. The van der Waals surface area contributed by atoms with Crippen LogP contribution in [-0.4, -0.2) is 49.5 Å². The highest BCUT2D eigenvalue weighted by Gasteiger charge is 2.42. The van der Waals surface area contributed by atoms with Crippen LogP contribution in [0.2, 0.25) is 0 Å². The average Bonchev–Trinajstić information content (AvgIpc) is 3.27. The van der Waals surface area contributed by atoms with Crippen LogP contribution in [0.25, 0.3) is 0 Å². The molecule has 1 saturated heterocycles. The van der Waals surface area contributed by atoms with Crippen molar-refractivity contribution in [3.8, 4) is 11.5 Å². The van der Waals surface area contributed by atoms with Gasteiger partial charge in [-0.3, -0.25) is 9.48 Å². The SMILES string of the molecule is COc1ccc(C(C)(C)CNC(=O)C2(n3cccn3)CCNCC2)cc1OC.Cl. The molecule has 0 saturated carbocycles. The second kappa shape index (κ2) is 9.50. The number of halogens is 1. The van der Waals surface area contributed by atoms with Gasteiger partial charge >= 0.3 is 0 Å². The summed E-state index contributed by atoms with van der Waals surface area (Å²) in [5.41, 5.74) is 0.166. The van der Waals surface area contributed by atoms with Crippen molar-refractivity contribution in [1.29, 1.82) is 0 Å². The molecule has 0 atom stereocenters. The standard InChI is InChI=1S/C21H30N4O3.ClH/c1-20(2,16-6-7-17(27-3)18(14-16)28-4)15-23-19(26)21(8-11-22-12-9-21)25-13-5-10-24-25;/h5-7,10,13-14,22H,8-9,11-12,15H2,1-4H3,(H,23,26);1H. The lowest BCUT2D eigenvalue weighted by Crippen LogP contribution is -2.56. The molecule has 8 heteroatoms. The van der Waals surface area contributed by atoms with Crippen LogP contribution in [-0.2, 0) is 15.7 Å². The summed E-state index contributed by atoms with van der Waals surface area (Å²) in [5.74, 6) is 1.40. The molecule has 1 aromatic carbocycles. The van der Waals surface area contributed by atoms with E-state index in [1.54, 1.807) is 20.4 Å². The van der Waals surface area contributed by atoms with E-state index in [4.69, 9.17) is 9.47 Å². The van der Waals surface area contributed by atoms with Gasteiger partial charge in [-0.05, 0) is 49.7 Å². The molecular weight excluding hydrogens is 392 g/mol. The lowest BCUT2D eigenvalue weighted by molar-refractivity contribution is -0.132. The number of carbonyl (C=O) groups is 1. The van der Waals surface area contributed by atoms with Crippen molar-refractivity contribution in [3.05, 3.63) is 42.2 Å². The second-order valence-electron chi connectivity index (χ2n) is 7.87. The normalized spacial score (nSPS) is 15.9. The van der Waals surface area contributed by atoms with E-state index in [1.165, 1.54) is 0 Å². The van der Waals surface area contributed by atoms with E-state index >= 15 is 0 Å². The van der Waals surface area contributed by atoms with Gasteiger partial charge in [0.15, 0.2) is 11.5 Å². The summed E-state index contributed by atoms with van der Waals surface area (Å²) in [7, 11) is 3.25. The number of hydrogen-bond donors (Lipinski definition) is 2. The van der Waals surface area contributed by atoms with E-state index in [9.17, 15) is 4.79 Å². The molecule has 2 aromatic rings. The van der Waals surface area contributed by atoms with Crippen LogP contribution in [0.3, 0.4) is 0 Å². The minimum absolute atomic E-state index is 0. The topological polar surface area (TPSA) is 77.4 Å². The van der Waals surface area contributed by atoms with Gasteiger partial charge in [-0.1, -0.05) is 19.9 Å². The van der Waals surface area contributed by atoms with Gasteiger partial charge in [-0.15, -0.1) is 12.4 Å². The third kappa shape index (κ3) is 4.67. The van der Waals surface area contributed by atoms with Gasteiger partial charge in [-0.2, -0.15) is 5.10 Å². The fourth-order valence-electron chi connectivity index (χ4n) is 3.75. The van der Waals surface area contributed by atoms with E-state index in [0.29, 0.717) is 18.0 Å². The van der Waals surface area contributed by atoms with Crippen LogP contribution in [0, 0.1) is 0 Å². The molecule has 160 valence electrons. The van der Waals surface area contributed by atoms with Gasteiger partial charge in [0, 0.05) is 24.4 Å². The van der Waals surface area contributed by atoms with Gasteiger partial charge in [-0.25, -0.2) is 0 Å². The van der Waals surface area contributed by atoms with Crippen molar-refractivity contribution in [2.45, 2.75) is 37.6 Å². The molecule has 7 nitrogen and oxygen atoms in total. The average molecular weight is 423 g/mol. The monoisotopic (exact) mass is 422 g/mol. The fraction of sp³-hybridized carbons (Fsp3) is 0.524. The van der Waals surface area contributed by atoms with Crippen molar-refractivity contribution in [2.75, 3.05) is 33.9 Å². The minimum atomic E-state index is -0.636. The molecule has 3 rings (SSSR count). The van der Waals surface area contributed by atoms with Crippen LogP contribution < -0.4 is 20.1 Å². The van der Waals surface area contributed by atoms with Crippen LogP contribution in [0.5, 0.6) is 11.5 Å². The van der Waals surface area contributed by atoms with Gasteiger partial charge in [0.25, 0.3) is 0 Å². The zero-order valence-corrected chi connectivity index (χ0v) is 18.3. The first kappa shape index (κ1) is 23.0. The Morgan fingerprint density at radius 1 is 1.24 bits per heavy atom. The highest BCUT2D eigenvalue weighted by atomic mass is 35.5. The Labute approximate surface area is 178 Å². The quantitative estimate of drug-likeness (QED) is 0.716. The molecule has 1 fully saturated rings. The lowest BCUT2D eigenvalue weighted by atomic mass is 9.83. The smallest absolute Gasteiger partial charge is 0.248 e. The number of aromatic nitrogens is 2. The minimum Gasteiger partial charge on any atom is -0.493 e. The number of amides is 1. The molecule has 0 unspecified atom stereocenters. The summed E-state index contributed by atoms with van der Waals surface area (Å²) >= 11 is 0. The van der Waals surface area contributed by atoms with E-state index in [-0.39, 0.29) is 23.7 Å². The summed E-state index contributed by atoms with van der Waals surface area (Å²) in [6, 6.07) is 7.75. The number of carbonyl (C=O) groups excluding carboxylic acids is 1.